The van der Waals surface area contributed by atoms with Gasteiger partial charge in [-0.15, -0.1) is 0 Å². The lowest BCUT2D eigenvalue weighted by Crippen LogP contribution is -2.55. The van der Waals surface area contributed by atoms with Crippen LogP contribution in [-0.2, 0) is 7.05 Å². The average Bonchev–Trinajstić information content (AvgIpc) is 3.30. The lowest BCUT2D eigenvalue weighted by Gasteiger charge is -2.40. The number of carbonyl (C=O) groups is 2. The van der Waals surface area contributed by atoms with Gasteiger partial charge < -0.3 is 25.4 Å². The number of amides is 4. The van der Waals surface area contributed by atoms with Gasteiger partial charge in [0.25, 0.3) is 0 Å². The topological polar surface area (TPSA) is 107 Å². The number of nitrogens with zero attached hydrogens (tertiary/aromatic N) is 5. The van der Waals surface area contributed by atoms with Crippen molar-refractivity contribution in [2.24, 2.45) is 7.05 Å². The van der Waals surface area contributed by atoms with E-state index in [-0.39, 0.29) is 23.6 Å². The van der Waals surface area contributed by atoms with Gasteiger partial charge in [0.05, 0.1) is 36.0 Å². The molecular formula is C33H43ClN8O2. The molecule has 44 heavy (non-hydrogen) atoms. The number of fused-ring (bicyclic) bond motifs is 2. The summed E-state index contributed by atoms with van der Waals surface area (Å²) >= 11 is 6.68. The van der Waals surface area contributed by atoms with E-state index in [4.69, 9.17) is 16.6 Å². The fourth-order valence-electron chi connectivity index (χ4n) is 5.85. The van der Waals surface area contributed by atoms with Crippen LogP contribution in [0.25, 0.3) is 11.6 Å². The molecule has 0 saturated carbocycles. The number of nitrogens with one attached hydrogen (secondary N) is 3. The Morgan fingerprint density at radius 2 is 1.70 bits per heavy atom. The fraction of sp³-hybridized carbons (Fsp3) is 0.455. The highest BCUT2D eigenvalue weighted by atomic mass is 35.5. The minimum absolute atomic E-state index is 0.0497. The van der Waals surface area contributed by atoms with Gasteiger partial charge in [0.15, 0.2) is 0 Å². The maximum absolute atomic E-state index is 13.3. The number of imidazole rings is 1. The third kappa shape index (κ3) is 7.08. The number of halogens is 1. The first kappa shape index (κ1) is 31.5. The predicted molar refractivity (Wildman–Crippen MR) is 174 cm³/mol. The number of urea groups is 2. The average molecular weight is 619 g/mol. The Morgan fingerprint density at radius 3 is 2.34 bits per heavy atom. The van der Waals surface area contributed by atoms with Gasteiger partial charge in [0, 0.05) is 55.5 Å². The molecule has 1 saturated heterocycles. The molecule has 1 aliphatic heterocycles. The first-order valence-corrected chi connectivity index (χ1v) is 15.4. The number of aromatic nitrogens is 3. The Labute approximate surface area is 264 Å². The molecule has 11 heteroatoms. The number of carbonyl (C=O) groups excluding carboxylic acids is 2. The lowest BCUT2D eigenvalue weighted by molar-refractivity contribution is 0.115. The smallest absolute Gasteiger partial charge is 0.317 e. The van der Waals surface area contributed by atoms with E-state index in [0.717, 1.165) is 33.7 Å². The Morgan fingerprint density at radius 1 is 1.00 bits per heavy atom. The van der Waals surface area contributed by atoms with Crippen molar-refractivity contribution in [1.29, 1.82) is 0 Å². The van der Waals surface area contributed by atoms with Gasteiger partial charge in [0.1, 0.15) is 0 Å². The lowest BCUT2D eigenvalue weighted by atomic mass is 9.90. The monoisotopic (exact) mass is 618 g/mol. The van der Waals surface area contributed by atoms with Gasteiger partial charge in [-0.3, -0.25) is 9.88 Å². The van der Waals surface area contributed by atoms with E-state index in [1.54, 1.807) is 12.5 Å². The minimum atomic E-state index is -0.535. The SMILES string of the molecule is Cn1cncc1C(NC(=O)NC(C)(C)C)C1=Cc2cccnc2[C@@H](N2CCN(C(=O)NC(C)(C)C)CC2)c2ccc(Cl)cc21. The fourth-order valence-corrected chi connectivity index (χ4v) is 6.02. The quantitative estimate of drug-likeness (QED) is 0.364. The van der Waals surface area contributed by atoms with Crippen molar-refractivity contribution in [3.05, 3.63) is 82.2 Å². The predicted octanol–water partition coefficient (Wildman–Crippen LogP) is 5.38. The summed E-state index contributed by atoms with van der Waals surface area (Å²) in [7, 11) is 1.92. The number of pyridine rings is 1. The van der Waals surface area contributed by atoms with Crippen LogP contribution >= 0.6 is 11.6 Å². The Bertz CT molecular complexity index is 1560. The molecule has 0 bridgehead atoms. The summed E-state index contributed by atoms with van der Waals surface area (Å²) in [6.45, 7) is 14.3. The number of benzene rings is 1. The number of piperazine rings is 1. The summed E-state index contributed by atoms with van der Waals surface area (Å²) in [5.41, 5.74) is 4.82. The van der Waals surface area contributed by atoms with Crippen LogP contribution in [0.5, 0.6) is 0 Å². The molecule has 10 nitrogen and oxygen atoms in total. The van der Waals surface area contributed by atoms with Crippen molar-refractivity contribution in [3.8, 4) is 0 Å². The van der Waals surface area contributed by atoms with E-state index in [2.05, 4.69) is 44.0 Å². The Kier molecular flexibility index (Phi) is 8.77. The van der Waals surface area contributed by atoms with Gasteiger partial charge >= 0.3 is 12.1 Å². The number of aryl methyl sites for hydroxylation is 1. The van der Waals surface area contributed by atoms with Gasteiger partial charge in [0.2, 0.25) is 0 Å². The molecule has 3 N–H and O–H groups in total. The summed E-state index contributed by atoms with van der Waals surface area (Å²) in [4.78, 5) is 39.8. The van der Waals surface area contributed by atoms with Gasteiger partial charge in [-0.2, -0.15) is 0 Å². The molecule has 2 aliphatic rings. The third-order valence-corrected chi connectivity index (χ3v) is 7.97. The van der Waals surface area contributed by atoms with Crippen LogP contribution in [0.3, 0.4) is 0 Å². The van der Waals surface area contributed by atoms with E-state index in [1.165, 1.54) is 0 Å². The van der Waals surface area contributed by atoms with Crippen LogP contribution in [0.1, 0.15) is 81.7 Å². The van der Waals surface area contributed by atoms with Crippen molar-refractivity contribution in [3.63, 3.8) is 0 Å². The highest BCUT2D eigenvalue weighted by Crippen LogP contribution is 2.44. The van der Waals surface area contributed by atoms with Crippen molar-refractivity contribution in [1.82, 2.24) is 40.3 Å². The van der Waals surface area contributed by atoms with Crippen LogP contribution in [-0.4, -0.2) is 73.7 Å². The maximum Gasteiger partial charge on any atom is 0.317 e. The second-order valence-corrected chi connectivity index (χ2v) is 14.1. The highest BCUT2D eigenvalue weighted by molar-refractivity contribution is 6.30. The second-order valence-electron chi connectivity index (χ2n) is 13.6. The third-order valence-electron chi connectivity index (χ3n) is 7.74. The summed E-state index contributed by atoms with van der Waals surface area (Å²) in [6.07, 6.45) is 7.44. The van der Waals surface area contributed by atoms with E-state index in [0.29, 0.717) is 31.2 Å². The van der Waals surface area contributed by atoms with E-state index in [1.807, 2.05) is 82.5 Å². The van der Waals surface area contributed by atoms with E-state index >= 15 is 0 Å². The molecule has 1 unspecified atom stereocenters. The molecule has 1 aliphatic carbocycles. The van der Waals surface area contributed by atoms with Crippen LogP contribution in [0.2, 0.25) is 5.02 Å². The highest BCUT2D eigenvalue weighted by Gasteiger charge is 2.36. The van der Waals surface area contributed by atoms with E-state index in [9.17, 15) is 9.59 Å². The van der Waals surface area contributed by atoms with Crippen molar-refractivity contribution in [2.75, 3.05) is 26.2 Å². The Hall–Kier alpha value is -3.89. The van der Waals surface area contributed by atoms with Crippen LogP contribution in [0.4, 0.5) is 9.59 Å². The second kappa shape index (κ2) is 12.2. The summed E-state index contributed by atoms with van der Waals surface area (Å²) < 4.78 is 1.92. The van der Waals surface area contributed by atoms with Crippen molar-refractivity contribution < 1.29 is 9.59 Å². The summed E-state index contributed by atoms with van der Waals surface area (Å²) in [5.74, 6) is 0. The number of hydrogen-bond acceptors (Lipinski definition) is 5. The summed E-state index contributed by atoms with van der Waals surface area (Å²) in [6, 6.07) is 8.88. The zero-order chi connectivity index (χ0) is 31.8. The molecule has 2 atom stereocenters. The van der Waals surface area contributed by atoms with Crippen LogP contribution in [0, 0.1) is 0 Å². The van der Waals surface area contributed by atoms with Gasteiger partial charge in [-0.05, 0) is 88.1 Å². The normalized spacial score (nSPS) is 18.0. The van der Waals surface area contributed by atoms with Crippen LogP contribution < -0.4 is 16.0 Å². The van der Waals surface area contributed by atoms with Crippen molar-refractivity contribution >= 4 is 35.3 Å². The standard InChI is InChI=1S/C33H43ClN8O2/c1-32(2,3)38-30(43)37-28(26-19-35-20-40(26)7)25-17-21-9-8-12-36-27(21)29(23-11-10-22(34)18-24(23)25)41-13-15-42(16-14-41)31(44)39-33(4,5)6/h8-12,17-20,28-29H,13-16H2,1-7H3,(H,39,44)(H2,37,38,43)/t28?,29-/m0/s1. The zero-order valence-corrected chi connectivity index (χ0v) is 27.4. The molecule has 2 aromatic heterocycles. The molecule has 5 rings (SSSR count). The van der Waals surface area contributed by atoms with E-state index < -0.39 is 11.6 Å². The van der Waals surface area contributed by atoms with Gasteiger partial charge in [-0.25, -0.2) is 14.6 Å². The number of rotatable bonds is 4. The van der Waals surface area contributed by atoms with Gasteiger partial charge in [-0.1, -0.05) is 23.7 Å². The number of hydrogen-bond donors (Lipinski definition) is 3. The van der Waals surface area contributed by atoms with Crippen molar-refractivity contribution in [2.45, 2.75) is 64.7 Å². The molecule has 0 radical (unpaired) electrons. The maximum atomic E-state index is 13.3. The Balaban J connectivity index is 1.58. The van der Waals surface area contributed by atoms with Crippen LogP contribution in [0.15, 0.2) is 49.1 Å². The first-order valence-electron chi connectivity index (χ1n) is 15.0. The minimum Gasteiger partial charge on any atom is -0.336 e. The molecule has 1 aromatic carbocycles. The largest absolute Gasteiger partial charge is 0.336 e. The molecule has 0 spiro atoms. The first-order chi connectivity index (χ1) is 20.7. The molecule has 1 fully saturated rings. The zero-order valence-electron chi connectivity index (χ0n) is 26.6. The molecule has 234 valence electrons. The molecular weight excluding hydrogens is 576 g/mol. The summed E-state index contributed by atoms with van der Waals surface area (Å²) in [5, 5.41) is 9.95. The molecule has 3 aromatic rings. The molecule has 4 amide bonds. The molecule has 3 heterocycles.